The third kappa shape index (κ3) is 3.22. The van der Waals surface area contributed by atoms with Gasteiger partial charge in [-0.3, -0.25) is 4.79 Å². The molecule has 0 spiro atoms. The molecule has 4 rings (SSSR count). The number of anilines is 1. The maximum absolute atomic E-state index is 13.3. The number of amides is 1. The van der Waals surface area contributed by atoms with Crippen LogP contribution in [-0.4, -0.2) is 19.6 Å². The summed E-state index contributed by atoms with van der Waals surface area (Å²) in [5.74, 6) is 0.323. The normalized spacial score (nSPS) is 14.0. The molecule has 0 unspecified atom stereocenters. The maximum atomic E-state index is 13.3. The van der Waals surface area contributed by atoms with Crippen molar-refractivity contribution >= 4 is 22.7 Å². The van der Waals surface area contributed by atoms with Crippen molar-refractivity contribution in [1.29, 1.82) is 0 Å². The molecule has 4 heteroatoms. The van der Waals surface area contributed by atoms with Crippen LogP contribution in [0.15, 0.2) is 78.9 Å². The second kappa shape index (κ2) is 7.08. The third-order valence-corrected chi connectivity index (χ3v) is 4.72. The summed E-state index contributed by atoms with van der Waals surface area (Å²) >= 11 is 0. The number of hydrogen-bond donors (Lipinski definition) is 0. The number of benzene rings is 3. The van der Waals surface area contributed by atoms with E-state index in [4.69, 9.17) is 4.74 Å². The molecule has 3 nitrogen and oxygen atoms in total. The van der Waals surface area contributed by atoms with Gasteiger partial charge in [0, 0.05) is 5.69 Å². The first-order valence-electron chi connectivity index (χ1n) is 8.68. The van der Waals surface area contributed by atoms with E-state index in [0.717, 1.165) is 22.4 Å². The smallest absolute Gasteiger partial charge is 0.259 e. The lowest BCUT2D eigenvalue weighted by atomic mass is 9.97. The van der Waals surface area contributed by atoms with Crippen LogP contribution in [0.5, 0.6) is 5.75 Å². The summed E-state index contributed by atoms with van der Waals surface area (Å²) in [4.78, 5) is 15.0. The van der Waals surface area contributed by atoms with Gasteiger partial charge < -0.3 is 9.64 Å². The van der Waals surface area contributed by atoms with Gasteiger partial charge in [-0.1, -0.05) is 42.5 Å². The molecule has 0 atom stereocenters. The largest absolute Gasteiger partial charge is 0.497 e. The van der Waals surface area contributed by atoms with Gasteiger partial charge >= 0.3 is 0 Å². The van der Waals surface area contributed by atoms with Crippen LogP contribution in [-0.2, 0) is 4.79 Å². The molecular weight excluding hydrogens is 341 g/mol. The molecule has 3 aromatic carbocycles. The van der Waals surface area contributed by atoms with E-state index >= 15 is 0 Å². The highest BCUT2D eigenvalue weighted by Crippen LogP contribution is 2.37. The first-order chi connectivity index (χ1) is 13.2. The topological polar surface area (TPSA) is 29.5 Å². The Balaban J connectivity index is 1.80. The lowest BCUT2D eigenvalue weighted by Gasteiger charge is -2.17. The van der Waals surface area contributed by atoms with Gasteiger partial charge in [0.2, 0.25) is 0 Å². The summed E-state index contributed by atoms with van der Waals surface area (Å²) in [5, 5.41) is 0. The quantitative estimate of drug-likeness (QED) is 0.670. The molecule has 0 saturated carbocycles. The van der Waals surface area contributed by atoms with E-state index in [1.165, 1.54) is 12.1 Å². The first kappa shape index (κ1) is 17.0. The van der Waals surface area contributed by atoms with E-state index in [9.17, 15) is 9.18 Å². The van der Waals surface area contributed by atoms with Crippen molar-refractivity contribution in [3.05, 3.63) is 95.8 Å². The summed E-state index contributed by atoms with van der Waals surface area (Å²) < 4.78 is 18.5. The van der Waals surface area contributed by atoms with Crippen LogP contribution in [0, 0.1) is 5.82 Å². The molecule has 0 saturated heterocycles. The Kier molecular flexibility index (Phi) is 4.47. The minimum atomic E-state index is -0.322. The predicted octanol–water partition coefficient (Wildman–Crippen LogP) is 4.79. The van der Waals surface area contributed by atoms with Gasteiger partial charge in [0.05, 0.1) is 19.2 Å². The fourth-order valence-corrected chi connectivity index (χ4v) is 3.33. The molecule has 0 aromatic heterocycles. The van der Waals surface area contributed by atoms with Gasteiger partial charge in [-0.2, -0.15) is 0 Å². The Labute approximate surface area is 157 Å². The van der Waals surface area contributed by atoms with Gasteiger partial charge in [-0.15, -0.1) is 0 Å². The summed E-state index contributed by atoms with van der Waals surface area (Å²) in [6, 6.07) is 23.3. The molecule has 0 N–H and O–H groups in total. The number of ether oxygens (including phenoxy) is 1. The van der Waals surface area contributed by atoms with E-state index in [1.807, 2.05) is 54.6 Å². The lowest BCUT2D eigenvalue weighted by Crippen LogP contribution is -2.26. The Hall–Kier alpha value is -3.40. The fourth-order valence-electron chi connectivity index (χ4n) is 3.33. The first-order valence-corrected chi connectivity index (χ1v) is 8.68. The number of methoxy groups -OCH3 is 1. The van der Waals surface area contributed by atoms with E-state index in [0.29, 0.717) is 17.8 Å². The molecule has 1 aliphatic heterocycles. The van der Waals surface area contributed by atoms with Crippen LogP contribution in [0.3, 0.4) is 0 Å². The van der Waals surface area contributed by atoms with Crippen LogP contribution in [0.2, 0.25) is 0 Å². The van der Waals surface area contributed by atoms with Crippen molar-refractivity contribution in [3.63, 3.8) is 0 Å². The number of nitrogens with zero attached hydrogens (tertiary/aromatic N) is 1. The second-order valence-corrected chi connectivity index (χ2v) is 6.32. The van der Waals surface area contributed by atoms with Crippen LogP contribution < -0.4 is 9.64 Å². The minimum Gasteiger partial charge on any atom is -0.497 e. The van der Waals surface area contributed by atoms with Gasteiger partial charge in [-0.05, 0) is 53.1 Å². The van der Waals surface area contributed by atoms with E-state index in [-0.39, 0.29) is 11.7 Å². The number of rotatable bonds is 4. The van der Waals surface area contributed by atoms with Gasteiger partial charge in [-0.25, -0.2) is 4.39 Å². The highest BCUT2D eigenvalue weighted by molar-refractivity contribution is 6.36. The molecule has 3 aromatic rings. The Bertz CT molecular complexity index is 993. The minimum absolute atomic E-state index is 0.0920. The Morgan fingerprint density at radius 3 is 2.15 bits per heavy atom. The van der Waals surface area contributed by atoms with Crippen LogP contribution in [0.1, 0.15) is 11.1 Å². The number of halogens is 1. The van der Waals surface area contributed by atoms with Crippen LogP contribution in [0.4, 0.5) is 10.1 Å². The summed E-state index contributed by atoms with van der Waals surface area (Å²) in [5.41, 5.74) is 4.13. The summed E-state index contributed by atoms with van der Waals surface area (Å²) in [6.45, 7) is 0.440. The van der Waals surface area contributed by atoms with Crippen molar-refractivity contribution in [1.82, 2.24) is 0 Å². The predicted molar refractivity (Wildman–Crippen MR) is 105 cm³/mol. The Morgan fingerprint density at radius 2 is 1.52 bits per heavy atom. The van der Waals surface area contributed by atoms with Crippen molar-refractivity contribution in [2.24, 2.45) is 0 Å². The molecule has 0 radical (unpaired) electrons. The third-order valence-electron chi connectivity index (χ3n) is 4.72. The lowest BCUT2D eigenvalue weighted by molar-refractivity contribution is -0.112. The fraction of sp³-hybridized carbons (Fsp3) is 0.0870. The highest BCUT2D eigenvalue weighted by Gasteiger charge is 2.32. The van der Waals surface area contributed by atoms with Crippen LogP contribution in [0.25, 0.3) is 11.1 Å². The molecule has 1 heterocycles. The molecule has 1 aliphatic rings. The van der Waals surface area contributed by atoms with E-state index < -0.39 is 0 Å². The van der Waals surface area contributed by atoms with Gasteiger partial charge in [0.25, 0.3) is 5.91 Å². The monoisotopic (exact) mass is 359 g/mol. The number of carbonyl (C=O) groups excluding carboxylic acids is 1. The van der Waals surface area contributed by atoms with E-state index in [1.54, 1.807) is 24.1 Å². The summed E-state index contributed by atoms with van der Waals surface area (Å²) in [7, 11) is 1.61. The molecule has 1 amide bonds. The van der Waals surface area contributed by atoms with Crippen molar-refractivity contribution in [2.75, 3.05) is 18.6 Å². The zero-order valence-electron chi connectivity index (χ0n) is 14.9. The van der Waals surface area contributed by atoms with Gasteiger partial charge in [0.1, 0.15) is 11.6 Å². The van der Waals surface area contributed by atoms with E-state index in [2.05, 4.69) is 0 Å². The zero-order valence-corrected chi connectivity index (χ0v) is 14.9. The Morgan fingerprint density at radius 1 is 0.852 bits per heavy atom. The zero-order chi connectivity index (χ0) is 18.8. The average Bonchev–Trinajstić information content (AvgIpc) is 3.06. The SMILES string of the molecule is COc1ccc(C2=C(c3ccccc3)CN(c3ccc(F)cc3)C2=O)cc1. The second-order valence-electron chi connectivity index (χ2n) is 6.32. The molecule has 0 fully saturated rings. The summed E-state index contributed by atoms with van der Waals surface area (Å²) in [6.07, 6.45) is 0. The number of hydrogen-bond acceptors (Lipinski definition) is 2. The van der Waals surface area contributed by atoms with Crippen molar-refractivity contribution < 1.29 is 13.9 Å². The standard InChI is InChI=1S/C23H18FNO2/c1-27-20-13-7-17(8-14-20)22-21(16-5-3-2-4-6-16)15-25(23(22)26)19-11-9-18(24)10-12-19/h2-14H,15H2,1H3. The van der Waals surface area contributed by atoms with Crippen molar-refractivity contribution in [2.45, 2.75) is 0 Å². The van der Waals surface area contributed by atoms with Gasteiger partial charge in [0.15, 0.2) is 0 Å². The maximum Gasteiger partial charge on any atom is 0.259 e. The molecular formula is C23H18FNO2. The molecule has 0 bridgehead atoms. The molecule has 27 heavy (non-hydrogen) atoms. The average molecular weight is 359 g/mol. The van der Waals surface area contributed by atoms with Crippen LogP contribution >= 0.6 is 0 Å². The molecule has 0 aliphatic carbocycles. The van der Waals surface area contributed by atoms with Crippen molar-refractivity contribution in [3.8, 4) is 5.75 Å². The molecule has 134 valence electrons. The number of carbonyl (C=O) groups is 1. The highest BCUT2D eigenvalue weighted by atomic mass is 19.1.